The Labute approximate surface area is 92.1 Å². The van der Waals surface area contributed by atoms with Crippen LogP contribution in [0.3, 0.4) is 0 Å². The first-order valence-corrected chi connectivity index (χ1v) is 6.49. The first-order valence-electron chi connectivity index (χ1n) is 4.92. The zero-order valence-electron chi connectivity index (χ0n) is 9.07. The zero-order valence-corrected chi connectivity index (χ0v) is 9.88. The predicted octanol–water partition coefficient (Wildman–Crippen LogP) is 1.17. The minimum Gasteiger partial charge on any atom is -0.385 e. The molecule has 0 N–H and O–H groups in total. The van der Waals surface area contributed by atoms with E-state index in [1.54, 1.807) is 7.11 Å². The van der Waals surface area contributed by atoms with Gasteiger partial charge in [-0.3, -0.25) is 4.18 Å². The molecule has 0 aromatic carbocycles. The Kier molecular flexibility index (Phi) is 8.38. The summed E-state index contributed by atoms with van der Waals surface area (Å²) in [6.45, 7) is 0.548. The van der Waals surface area contributed by atoms with Gasteiger partial charge in [0.15, 0.2) is 0 Å². The van der Waals surface area contributed by atoms with Gasteiger partial charge in [-0.2, -0.15) is 8.42 Å². The lowest BCUT2D eigenvalue weighted by molar-refractivity contribution is 0.192. The van der Waals surface area contributed by atoms with E-state index in [-0.39, 0.29) is 12.4 Å². The van der Waals surface area contributed by atoms with Crippen molar-refractivity contribution in [2.45, 2.75) is 25.7 Å². The Balaban J connectivity index is 3.46. The molecule has 0 spiro atoms. The molecular formula is C10H18O4S. The van der Waals surface area contributed by atoms with Crippen molar-refractivity contribution in [1.82, 2.24) is 0 Å². The van der Waals surface area contributed by atoms with Gasteiger partial charge in [0.2, 0.25) is 0 Å². The molecule has 0 aliphatic carbocycles. The molecule has 0 bridgehead atoms. The molecule has 4 nitrogen and oxygen atoms in total. The minimum atomic E-state index is -3.41. The second-order valence-corrected chi connectivity index (χ2v) is 4.89. The van der Waals surface area contributed by atoms with E-state index >= 15 is 0 Å². The standard InChI is InChI=1S/C10H18O4S/c1-3-8-14-15(11,12)10-7-5-4-6-9-13-2/h1H,4-10H2,2H3. The molecule has 88 valence electrons. The third-order valence-corrected chi connectivity index (χ3v) is 3.08. The summed E-state index contributed by atoms with van der Waals surface area (Å²) in [5, 5.41) is 0. The number of ether oxygens (including phenoxy) is 1. The van der Waals surface area contributed by atoms with E-state index in [4.69, 9.17) is 11.2 Å². The second kappa shape index (κ2) is 8.72. The SMILES string of the molecule is C#CCOS(=O)(=O)CCCCCCOC. The Morgan fingerprint density at radius 2 is 1.87 bits per heavy atom. The summed E-state index contributed by atoms with van der Waals surface area (Å²) >= 11 is 0. The lowest BCUT2D eigenvalue weighted by Crippen LogP contribution is -2.10. The van der Waals surface area contributed by atoms with E-state index in [1.807, 2.05) is 0 Å². The van der Waals surface area contributed by atoms with E-state index in [9.17, 15) is 8.42 Å². The van der Waals surface area contributed by atoms with Gasteiger partial charge in [-0.15, -0.1) is 6.42 Å². The molecule has 0 saturated heterocycles. The van der Waals surface area contributed by atoms with Crippen LogP contribution in [-0.4, -0.2) is 34.5 Å². The maximum absolute atomic E-state index is 11.1. The Bertz CT molecular complexity index is 276. The molecule has 0 aromatic heterocycles. The van der Waals surface area contributed by atoms with Gasteiger partial charge in [0.1, 0.15) is 6.61 Å². The largest absolute Gasteiger partial charge is 0.385 e. The molecule has 0 fully saturated rings. The van der Waals surface area contributed by atoms with Crippen LogP contribution in [0.15, 0.2) is 0 Å². The summed E-state index contributed by atoms with van der Waals surface area (Å²) in [7, 11) is -1.76. The summed E-state index contributed by atoms with van der Waals surface area (Å²) in [5.41, 5.74) is 0. The highest BCUT2D eigenvalue weighted by Crippen LogP contribution is 2.04. The third-order valence-electron chi connectivity index (χ3n) is 1.81. The molecule has 0 atom stereocenters. The molecule has 0 unspecified atom stereocenters. The van der Waals surface area contributed by atoms with Gasteiger partial charge >= 0.3 is 0 Å². The molecule has 0 aliphatic rings. The van der Waals surface area contributed by atoms with Gasteiger partial charge in [0.05, 0.1) is 5.75 Å². The van der Waals surface area contributed by atoms with E-state index < -0.39 is 10.1 Å². The van der Waals surface area contributed by atoms with Gasteiger partial charge in [0.25, 0.3) is 10.1 Å². The number of hydrogen-bond donors (Lipinski definition) is 0. The smallest absolute Gasteiger partial charge is 0.268 e. The van der Waals surface area contributed by atoms with Crippen molar-refractivity contribution in [2.75, 3.05) is 26.1 Å². The number of methoxy groups -OCH3 is 1. The molecule has 0 aromatic rings. The lowest BCUT2D eigenvalue weighted by atomic mass is 10.2. The highest BCUT2D eigenvalue weighted by atomic mass is 32.2. The first-order chi connectivity index (χ1) is 7.12. The summed E-state index contributed by atoms with van der Waals surface area (Å²) in [4.78, 5) is 0. The second-order valence-electron chi connectivity index (χ2n) is 3.14. The first kappa shape index (κ1) is 14.4. The Morgan fingerprint density at radius 3 is 2.47 bits per heavy atom. The Hall–Kier alpha value is -0.570. The lowest BCUT2D eigenvalue weighted by Gasteiger charge is -2.02. The normalized spacial score (nSPS) is 11.2. The van der Waals surface area contributed by atoms with Gasteiger partial charge in [-0.05, 0) is 12.8 Å². The molecular weight excluding hydrogens is 216 g/mol. The van der Waals surface area contributed by atoms with Crippen LogP contribution in [0.4, 0.5) is 0 Å². The van der Waals surface area contributed by atoms with Crippen LogP contribution in [0.5, 0.6) is 0 Å². The van der Waals surface area contributed by atoms with Gasteiger partial charge in [0, 0.05) is 13.7 Å². The Morgan fingerprint density at radius 1 is 1.20 bits per heavy atom. The fourth-order valence-electron chi connectivity index (χ4n) is 1.06. The van der Waals surface area contributed by atoms with Crippen molar-refractivity contribution in [3.63, 3.8) is 0 Å². The number of hydrogen-bond acceptors (Lipinski definition) is 4. The van der Waals surface area contributed by atoms with E-state index in [0.29, 0.717) is 6.42 Å². The monoisotopic (exact) mass is 234 g/mol. The van der Waals surface area contributed by atoms with Crippen molar-refractivity contribution < 1.29 is 17.3 Å². The van der Waals surface area contributed by atoms with Crippen LogP contribution < -0.4 is 0 Å². The maximum atomic E-state index is 11.1. The van der Waals surface area contributed by atoms with Gasteiger partial charge in [-0.1, -0.05) is 18.8 Å². The van der Waals surface area contributed by atoms with Crippen molar-refractivity contribution in [3.05, 3.63) is 0 Å². The summed E-state index contributed by atoms with van der Waals surface area (Å²) in [5.74, 6) is 2.17. The molecule has 0 aliphatic heterocycles. The number of rotatable bonds is 9. The van der Waals surface area contributed by atoms with Crippen LogP contribution >= 0.6 is 0 Å². The third kappa shape index (κ3) is 9.73. The van der Waals surface area contributed by atoms with Crippen LogP contribution in [0.25, 0.3) is 0 Å². The number of terminal acetylenes is 1. The number of unbranched alkanes of at least 4 members (excludes halogenated alkanes) is 3. The molecule has 0 heterocycles. The fourth-order valence-corrected chi connectivity index (χ4v) is 1.98. The van der Waals surface area contributed by atoms with Crippen molar-refractivity contribution in [1.29, 1.82) is 0 Å². The quantitative estimate of drug-likeness (QED) is 0.341. The summed E-state index contributed by atoms with van der Waals surface area (Å²) in [6, 6.07) is 0. The van der Waals surface area contributed by atoms with Gasteiger partial charge < -0.3 is 4.74 Å². The van der Waals surface area contributed by atoms with Crippen LogP contribution in [0, 0.1) is 12.3 Å². The van der Waals surface area contributed by atoms with Crippen LogP contribution in [-0.2, 0) is 19.0 Å². The molecule has 0 amide bonds. The molecule has 0 radical (unpaired) electrons. The summed E-state index contributed by atoms with van der Waals surface area (Å²) < 4.78 is 31.7. The predicted molar refractivity (Wildman–Crippen MR) is 58.9 cm³/mol. The van der Waals surface area contributed by atoms with E-state index in [1.165, 1.54) is 0 Å². The van der Waals surface area contributed by atoms with Crippen LogP contribution in [0.1, 0.15) is 25.7 Å². The molecule has 15 heavy (non-hydrogen) atoms. The van der Waals surface area contributed by atoms with E-state index in [0.717, 1.165) is 25.9 Å². The minimum absolute atomic E-state index is 0.0433. The van der Waals surface area contributed by atoms with Crippen molar-refractivity contribution in [2.24, 2.45) is 0 Å². The topological polar surface area (TPSA) is 52.6 Å². The fraction of sp³-hybridized carbons (Fsp3) is 0.800. The van der Waals surface area contributed by atoms with Crippen molar-refractivity contribution in [3.8, 4) is 12.3 Å². The highest BCUT2D eigenvalue weighted by molar-refractivity contribution is 7.86. The molecule has 5 heteroatoms. The molecule has 0 rings (SSSR count). The zero-order chi connectivity index (χ0) is 11.6. The average molecular weight is 234 g/mol. The summed E-state index contributed by atoms with van der Waals surface area (Å²) in [6.07, 6.45) is 8.29. The van der Waals surface area contributed by atoms with Gasteiger partial charge in [-0.25, -0.2) is 0 Å². The highest BCUT2D eigenvalue weighted by Gasteiger charge is 2.09. The average Bonchev–Trinajstić information content (AvgIpc) is 2.20. The molecule has 0 saturated carbocycles. The van der Waals surface area contributed by atoms with Crippen molar-refractivity contribution >= 4 is 10.1 Å². The van der Waals surface area contributed by atoms with E-state index in [2.05, 4.69) is 10.1 Å². The van der Waals surface area contributed by atoms with Crippen LogP contribution in [0.2, 0.25) is 0 Å². The maximum Gasteiger partial charge on any atom is 0.268 e.